The first kappa shape index (κ1) is 10.4. The first-order chi connectivity index (χ1) is 7.66. The van der Waals surface area contributed by atoms with Gasteiger partial charge in [0.25, 0.3) is 5.78 Å². The molecule has 0 fully saturated rings. The lowest BCUT2D eigenvalue weighted by atomic mass is 9.92. The standard InChI is InChI=1S/C12H11NO3/c1-2-13-9-10(14)7-5-3-4-6-8(7)11(15)12(9)16/h3-6,13-14H,2H2,1H3. The number of carbonyl (C=O) groups is 2. The molecule has 1 aliphatic carbocycles. The number of benzene rings is 1. The summed E-state index contributed by atoms with van der Waals surface area (Å²) in [5, 5.41) is 12.6. The molecule has 2 N–H and O–H groups in total. The average molecular weight is 217 g/mol. The molecule has 2 rings (SSSR count). The highest BCUT2D eigenvalue weighted by molar-refractivity contribution is 6.52. The number of hydrogen-bond donors (Lipinski definition) is 2. The molecule has 0 saturated heterocycles. The second-order valence-corrected chi connectivity index (χ2v) is 3.46. The highest BCUT2D eigenvalue weighted by atomic mass is 16.3. The quantitative estimate of drug-likeness (QED) is 0.732. The minimum atomic E-state index is -0.682. The van der Waals surface area contributed by atoms with Crippen molar-refractivity contribution >= 4 is 17.3 Å². The fourth-order valence-electron chi connectivity index (χ4n) is 1.71. The number of aliphatic hydroxyl groups is 1. The van der Waals surface area contributed by atoms with Crippen molar-refractivity contribution in [3.8, 4) is 0 Å². The molecule has 0 amide bonds. The number of likely N-dealkylation sites (N-methyl/N-ethyl adjacent to an activating group) is 1. The van der Waals surface area contributed by atoms with Crippen molar-refractivity contribution in [2.45, 2.75) is 6.92 Å². The third-order valence-corrected chi connectivity index (χ3v) is 2.45. The normalized spacial score (nSPS) is 15.1. The third-order valence-electron chi connectivity index (χ3n) is 2.45. The van der Waals surface area contributed by atoms with Crippen molar-refractivity contribution in [1.82, 2.24) is 5.32 Å². The zero-order chi connectivity index (χ0) is 11.7. The van der Waals surface area contributed by atoms with E-state index in [0.717, 1.165) is 0 Å². The Hall–Kier alpha value is -2.10. The molecule has 0 heterocycles. The van der Waals surface area contributed by atoms with Crippen LogP contribution < -0.4 is 5.32 Å². The van der Waals surface area contributed by atoms with E-state index in [-0.39, 0.29) is 17.0 Å². The monoisotopic (exact) mass is 217 g/mol. The molecule has 0 spiro atoms. The van der Waals surface area contributed by atoms with Gasteiger partial charge in [-0.3, -0.25) is 9.59 Å². The highest BCUT2D eigenvalue weighted by Gasteiger charge is 2.32. The van der Waals surface area contributed by atoms with Crippen LogP contribution in [0, 0.1) is 0 Å². The predicted molar refractivity (Wildman–Crippen MR) is 59.0 cm³/mol. The Morgan fingerprint density at radius 3 is 2.38 bits per heavy atom. The lowest BCUT2D eigenvalue weighted by Gasteiger charge is -2.17. The van der Waals surface area contributed by atoms with Gasteiger partial charge in [-0.05, 0) is 6.92 Å². The van der Waals surface area contributed by atoms with E-state index in [1.165, 1.54) is 6.07 Å². The maximum atomic E-state index is 11.7. The Bertz CT molecular complexity index is 503. The van der Waals surface area contributed by atoms with Gasteiger partial charge in [-0.2, -0.15) is 0 Å². The molecule has 0 aromatic heterocycles. The molecule has 4 heteroatoms. The van der Waals surface area contributed by atoms with E-state index < -0.39 is 11.6 Å². The van der Waals surface area contributed by atoms with E-state index in [9.17, 15) is 14.7 Å². The molecule has 16 heavy (non-hydrogen) atoms. The van der Waals surface area contributed by atoms with Crippen molar-refractivity contribution in [3.63, 3.8) is 0 Å². The summed E-state index contributed by atoms with van der Waals surface area (Å²) in [5.41, 5.74) is 0.654. The van der Waals surface area contributed by atoms with Crippen LogP contribution in [0.15, 0.2) is 30.0 Å². The van der Waals surface area contributed by atoms with Gasteiger partial charge in [0.1, 0.15) is 5.70 Å². The molecule has 0 radical (unpaired) electrons. The summed E-state index contributed by atoms with van der Waals surface area (Å²) in [7, 11) is 0. The highest BCUT2D eigenvalue weighted by Crippen LogP contribution is 2.25. The van der Waals surface area contributed by atoms with E-state index in [4.69, 9.17) is 0 Å². The van der Waals surface area contributed by atoms with Gasteiger partial charge in [-0.25, -0.2) is 0 Å². The zero-order valence-corrected chi connectivity index (χ0v) is 8.78. The number of carbonyl (C=O) groups excluding carboxylic acids is 2. The van der Waals surface area contributed by atoms with Gasteiger partial charge in [0, 0.05) is 17.7 Å². The van der Waals surface area contributed by atoms with Crippen LogP contribution in [0.2, 0.25) is 0 Å². The van der Waals surface area contributed by atoms with Gasteiger partial charge in [-0.1, -0.05) is 24.3 Å². The van der Waals surface area contributed by atoms with Gasteiger partial charge in [0.15, 0.2) is 5.76 Å². The average Bonchev–Trinajstić information content (AvgIpc) is 2.32. The minimum absolute atomic E-state index is 0.00815. The zero-order valence-electron chi connectivity index (χ0n) is 8.78. The van der Waals surface area contributed by atoms with Crippen LogP contribution in [0.1, 0.15) is 22.8 Å². The topological polar surface area (TPSA) is 66.4 Å². The van der Waals surface area contributed by atoms with E-state index >= 15 is 0 Å². The summed E-state index contributed by atoms with van der Waals surface area (Å²) >= 11 is 0. The molecule has 0 aliphatic heterocycles. The van der Waals surface area contributed by atoms with Crippen LogP contribution in [-0.2, 0) is 4.79 Å². The number of allylic oxidation sites excluding steroid dienone is 1. The molecule has 0 unspecified atom stereocenters. The molecule has 0 saturated carbocycles. The molecule has 82 valence electrons. The van der Waals surface area contributed by atoms with Crippen molar-refractivity contribution in [1.29, 1.82) is 0 Å². The second kappa shape index (κ2) is 3.81. The Balaban J connectivity index is 2.64. The third kappa shape index (κ3) is 1.39. The predicted octanol–water partition coefficient (Wildman–Crippen LogP) is 1.29. The summed E-state index contributed by atoms with van der Waals surface area (Å²) in [6.45, 7) is 2.26. The number of aliphatic hydroxyl groups excluding tert-OH is 1. The summed E-state index contributed by atoms with van der Waals surface area (Å²) in [6.07, 6.45) is 0. The van der Waals surface area contributed by atoms with Gasteiger partial charge in [0.2, 0.25) is 5.78 Å². The van der Waals surface area contributed by atoms with Crippen molar-refractivity contribution < 1.29 is 14.7 Å². The first-order valence-electron chi connectivity index (χ1n) is 5.02. The summed E-state index contributed by atoms with van der Waals surface area (Å²) in [4.78, 5) is 23.4. The molecule has 1 aromatic rings. The lowest BCUT2D eigenvalue weighted by Crippen LogP contribution is -2.31. The van der Waals surface area contributed by atoms with Crippen LogP contribution in [0.25, 0.3) is 5.76 Å². The van der Waals surface area contributed by atoms with Crippen molar-refractivity contribution in [2.24, 2.45) is 0 Å². The lowest BCUT2D eigenvalue weighted by molar-refractivity contribution is -0.112. The largest absolute Gasteiger partial charge is 0.505 e. The van der Waals surface area contributed by atoms with Crippen LogP contribution in [0.3, 0.4) is 0 Å². The van der Waals surface area contributed by atoms with Crippen LogP contribution in [-0.4, -0.2) is 23.2 Å². The number of hydrogen-bond acceptors (Lipinski definition) is 4. The fourth-order valence-corrected chi connectivity index (χ4v) is 1.71. The smallest absolute Gasteiger partial charge is 0.253 e. The van der Waals surface area contributed by atoms with Gasteiger partial charge in [-0.15, -0.1) is 0 Å². The van der Waals surface area contributed by atoms with Gasteiger partial charge >= 0.3 is 0 Å². The number of ketones is 2. The minimum Gasteiger partial charge on any atom is -0.505 e. The van der Waals surface area contributed by atoms with E-state index in [1.54, 1.807) is 25.1 Å². The van der Waals surface area contributed by atoms with Crippen molar-refractivity contribution in [2.75, 3.05) is 6.54 Å². The van der Waals surface area contributed by atoms with Gasteiger partial charge in [0.05, 0.1) is 0 Å². The summed E-state index contributed by atoms with van der Waals surface area (Å²) < 4.78 is 0. The molecule has 1 aliphatic rings. The number of Topliss-reactive ketones (excluding diaryl/α,β-unsaturated/α-hetero) is 2. The molecular formula is C12H11NO3. The molecule has 1 aromatic carbocycles. The fraction of sp³-hybridized carbons (Fsp3) is 0.167. The van der Waals surface area contributed by atoms with Crippen LogP contribution in [0.5, 0.6) is 0 Å². The molecule has 0 bridgehead atoms. The van der Waals surface area contributed by atoms with Gasteiger partial charge < -0.3 is 10.4 Å². The second-order valence-electron chi connectivity index (χ2n) is 3.46. The Labute approximate surface area is 92.6 Å². The molecule has 4 nitrogen and oxygen atoms in total. The Kier molecular flexibility index (Phi) is 2.48. The maximum Gasteiger partial charge on any atom is 0.253 e. The number of fused-ring (bicyclic) bond motifs is 1. The Morgan fingerprint density at radius 1 is 1.12 bits per heavy atom. The van der Waals surface area contributed by atoms with Crippen LogP contribution in [0.4, 0.5) is 0 Å². The van der Waals surface area contributed by atoms with E-state index in [2.05, 4.69) is 5.32 Å². The number of rotatable bonds is 2. The number of nitrogens with one attached hydrogen (secondary N) is 1. The SMILES string of the molecule is CCNC1=C(O)c2ccccc2C(=O)C1=O. The maximum absolute atomic E-state index is 11.7. The summed E-state index contributed by atoms with van der Waals surface area (Å²) in [5.74, 6) is -1.41. The molecule has 0 atom stereocenters. The van der Waals surface area contributed by atoms with Crippen LogP contribution >= 0.6 is 0 Å². The van der Waals surface area contributed by atoms with Crippen molar-refractivity contribution in [3.05, 3.63) is 41.1 Å². The Morgan fingerprint density at radius 2 is 1.75 bits per heavy atom. The van der Waals surface area contributed by atoms with E-state index in [0.29, 0.717) is 12.1 Å². The summed E-state index contributed by atoms with van der Waals surface area (Å²) in [6, 6.07) is 6.53. The first-order valence-corrected chi connectivity index (χ1v) is 5.02. The van der Waals surface area contributed by atoms with E-state index in [1.807, 2.05) is 0 Å². The molecular weight excluding hydrogens is 206 g/mol.